The summed E-state index contributed by atoms with van der Waals surface area (Å²) in [6, 6.07) is 1.95. The van der Waals surface area contributed by atoms with Crippen LogP contribution in [-0.2, 0) is 17.7 Å². The van der Waals surface area contributed by atoms with E-state index in [2.05, 4.69) is 18.2 Å². The van der Waals surface area contributed by atoms with Crippen molar-refractivity contribution in [2.75, 3.05) is 40.0 Å². The Labute approximate surface area is 191 Å². The Morgan fingerprint density at radius 2 is 2.21 bits per heavy atom. The maximum Gasteiger partial charge on any atom is 0.179 e. The number of hydrogen-bond acceptors (Lipinski definition) is 8. The second kappa shape index (κ2) is 8.92. The topological polar surface area (TPSA) is 110 Å². The predicted octanol–water partition coefficient (Wildman–Crippen LogP) is 1.63. The first-order valence-corrected chi connectivity index (χ1v) is 11.2. The van der Waals surface area contributed by atoms with E-state index in [1.165, 1.54) is 0 Å². The number of aliphatic hydroxyl groups excluding tert-OH is 1. The van der Waals surface area contributed by atoms with E-state index in [-0.39, 0.29) is 18.6 Å². The third kappa shape index (κ3) is 3.87. The maximum atomic E-state index is 10.0. The number of fused-ring (bicyclic) bond motifs is 2. The van der Waals surface area contributed by atoms with Crippen LogP contribution in [0.5, 0.6) is 11.5 Å². The molecule has 0 amide bonds. The van der Waals surface area contributed by atoms with Crippen molar-refractivity contribution in [3.63, 3.8) is 0 Å². The smallest absolute Gasteiger partial charge is 0.179 e. The standard InChI is InChI=1S/C23H28N6O4/c1-15-18-3-5-27(14-24)6-7-28(18)26-22(15)17-9-19(23-20(31-2)10-25-29(23)11-17)33-21(12-30)16-4-8-32-13-16/h9-11,16,21,30H,3-8,12-13H2,1-2H3. The van der Waals surface area contributed by atoms with Crippen molar-refractivity contribution >= 4 is 5.52 Å². The lowest BCUT2D eigenvalue weighted by Crippen LogP contribution is -2.31. The Morgan fingerprint density at radius 1 is 1.33 bits per heavy atom. The van der Waals surface area contributed by atoms with E-state index in [0.29, 0.717) is 49.9 Å². The summed E-state index contributed by atoms with van der Waals surface area (Å²) in [5, 5.41) is 28.6. The SMILES string of the molecule is COc1cnn2cc(-c3nn4c(c3C)CCN(C#N)CC4)cc(OC(CO)C3CCOC3)c12. The number of pyridine rings is 1. The summed E-state index contributed by atoms with van der Waals surface area (Å²) in [5.41, 5.74) is 4.67. The van der Waals surface area contributed by atoms with Crippen molar-refractivity contribution in [1.82, 2.24) is 24.3 Å². The second-order valence-corrected chi connectivity index (χ2v) is 8.54. The number of nitriles is 1. The Morgan fingerprint density at radius 3 is 2.94 bits per heavy atom. The van der Waals surface area contributed by atoms with Gasteiger partial charge in [0.2, 0.25) is 0 Å². The molecule has 2 aliphatic heterocycles. The molecule has 2 atom stereocenters. The first-order chi connectivity index (χ1) is 16.1. The van der Waals surface area contributed by atoms with Crippen molar-refractivity contribution < 1.29 is 19.3 Å². The summed E-state index contributed by atoms with van der Waals surface area (Å²) in [4.78, 5) is 1.77. The second-order valence-electron chi connectivity index (χ2n) is 8.54. The fraction of sp³-hybridized carbons (Fsp3) is 0.522. The average Bonchev–Trinajstić information content (AvgIpc) is 3.54. The van der Waals surface area contributed by atoms with E-state index >= 15 is 0 Å². The molecular formula is C23H28N6O4. The van der Waals surface area contributed by atoms with E-state index in [0.717, 1.165) is 35.4 Å². The van der Waals surface area contributed by atoms with Gasteiger partial charge in [-0.25, -0.2) is 4.52 Å². The van der Waals surface area contributed by atoms with Crippen LogP contribution in [0.2, 0.25) is 0 Å². The molecule has 33 heavy (non-hydrogen) atoms. The molecule has 3 aromatic heterocycles. The number of hydrogen-bond donors (Lipinski definition) is 1. The summed E-state index contributed by atoms with van der Waals surface area (Å²) < 4.78 is 21.1. The fourth-order valence-electron chi connectivity index (χ4n) is 4.75. The van der Waals surface area contributed by atoms with E-state index in [9.17, 15) is 10.4 Å². The van der Waals surface area contributed by atoms with Crippen LogP contribution in [0.15, 0.2) is 18.5 Å². The fourth-order valence-corrected chi connectivity index (χ4v) is 4.75. The van der Waals surface area contributed by atoms with Gasteiger partial charge in [-0.3, -0.25) is 4.68 Å². The summed E-state index contributed by atoms with van der Waals surface area (Å²) in [5.74, 6) is 1.32. The van der Waals surface area contributed by atoms with Gasteiger partial charge in [-0.05, 0) is 25.0 Å². The van der Waals surface area contributed by atoms with Crippen molar-refractivity contribution in [2.24, 2.45) is 5.92 Å². The molecule has 0 bridgehead atoms. The number of ether oxygens (including phenoxy) is 3. The highest BCUT2D eigenvalue weighted by atomic mass is 16.5. The minimum Gasteiger partial charge on any atom is -0.493 e. The molecule has 1 N–H and O–H groups in total. The van der Waals surface area contributed by atoms with Gasteiger partial charge in [-0.1, -0.05) is 0 Å². The van der Waals surface area contributed by atoms with Crippen molar-refractivity contribution in [1.29, 1.82) is 5.26 Å². The highest BCUT2D eigenvalue weighted by Gasteiger charge is 2.29. The van der Waals surface area contributed by atoms with Crippen LogP contribution >= 0.6 is 0 Å². The van der Waals surface area contributed by atoms with Gasteiger partial charge in [0, 0.05) is 49.5 Å². The van der Waals surface area contributed by atoms with E-state index in [1.807, 2.05) is 16.9 Å². The van der Waals surface area contributed by atoms with Crippen LogP contribution in [0.4, 0.5) is 0 Å². The zero-order valence-electron chi connectivity index (χ0n) is 18.9. The van der Waals surface area contributed by atoms with Gasteiger partial charge in [-0.15, -0.1) is 0 Å². The molecule has 5 rings (SSSR count). The van der Waals surface area contributed by atoms with Gasteiger partial charge >= 0.3 is 0 Å². The zero-order chi connectivity index (χ0) is 22.9. The third-order valence-electron chi connectivity index (χ3n) is 6.65. The molecule has 0 radical (unpaired) electrons. The van der Waals surface area contributed by atoms with Crippen LogP contribution in [0.1, 0.15) is 17.7 Å². The maximum absolute atomic E-state index is 10.0. The van der Waals surface area contributed by atoms with Crippen LogP contribution in [0, 0.1) is 24.3 Å². The number of aliphatic hydroxyl groups is 1. The average molecular weight is 453 g/mol. The molecule has 1 fully saturated rings. The Kier molecular flexibility index (Phi) is 5.83. The van der Waals surface area contributed by atoms with E-state index in [4.69, 9.17) is 19.3 Å². The molecule has 0 spiro atoms. The third-order valence-corrected chi connectivity index (χ3v) is 6.65. The quantitative estimate of drug-likeness (QED) is 0.562. The van der Waals surface area contributed by atoms with Gasteiger partial charge in [0.1, 0.15) is 11.9 Å². The van der Waals surface area contributed by atoms with Crippen molar-refractivity contribution in [2.45, 2.75) is 32.4 Å². The summed E-state index contributed by atoms with van der Waals surface area (Å²) in [6.07, 6.45) is 7.05. The summed E-state index contributed by atoms with van der Waals surface area (Å²) in [7, 11) is 1.60. The molecule has 10 nitrogen and oxygen atoms in total. The highest BCUT2D eigenvalue weighted by molar-refractivity contribution is 5.75. The molecule has 0 saturated carbocycles. The zero-order valence-corrected chi connectivity index (χ0v) is 18.9. The van der Waals surface area contributed by atoms with Gasteiger partial charge in [-0.2, -0.15) is 15.5 Å². The minimum absolute atomic E-state index is 0.103. The molecule has 0 aromatic carbocycles. The lowest BCUT2D eigenvalue weighted by Gasteiger charge is -2.23. The van der Waals surface area contributed by atoms with Crippen LogP contribution < -0.4 is 9.47 Å². The Bertz CT molecular complexity index is 1190. The number of aromatic nitrogens is 4. The lowest BCUT2D eigenvalue weighted by atomic mass is 10.0. The first kappa shape index (κ1) is 21.6. The number of methoxy groups -OCH3 is 1. The van der Waals surface area contributed by atoms with Crippen molar-refractivity contribution in [3.05, 3.63) is 29.7 Å². The van der Waals surface area contributed by atoms with Crippen LogP contribution in [-0.4, -0.2) is 75.5 Å². The molecule has 2 unspecified atom stereocenters. The van der Waals surface area contributed by atoms with Crippen LogP contribution in [0.3, 0.4) is 0 Å². The van der Waals surface area contributed by atoms with Gasteiger partial charge in [0.15, 0.2) is 17.5 Å². The largest absolute Gasteiger partial charge is 0.493 e. The molecule has 174 valence electrons. The summed E-state index contributed by atoms with van der Waals surface area (Å²) in [6.45, 7) is 5.22. The number of nitrogens with zero attached hydrogens (tertiary/aromatic N) is 6. The van der Waals surface area contributed by atoms with Crippen molar-refractivity contribution in [3.8, 4) is 28.9 Å². The highest BCUT2D eigenvalue weighted by Crippen LogP contribution is 2.36. The monoisotopic (exact) mass is 452 g/mol. The Hall–Kier alpha value is -3.29. The normalized spacial score (nSPS) is 19.2. The molecule has 2 aliphatic rings. The predicted molar refractivity (Wildman–Crippen MR) is 119 cm³/mol. The van der Waals surface area contributed by atoms with E-state index < -0.39 is 0 Å². The molecule has 0 aliphatic carbocycles. The number of rotatable bonds is 6. The lowest BCUT2D eigenvalue weighted by molar-refractivity contribution is 0.0603. The first-order valence-electron chi connectivity index (χ1n) is 11.2. The molecule has 3 aromatic rings. The molecule has 5 heterocycles. The van der Waals surface area contributed by atoms with Gasteiger partial charge in [0.25, 0.3) is 0 Å². The van der Waals surface area contributed by atoms with E-state index in [1.54, 1.807) is 22.7 Å². The minimum atomic E-state index is -0.386. The Balaban J connectivity index is 1.56. The van der Waals surface area contributed by atoms with Crippen LogP contribution in [0.25, 0.3) is 16.8 Å². The van der Waals surface area contributed by atoms with Gasteiger partial charge < -0.3 is 24.2 Å². The molecule has 10 heteroatoms. The van der Waals surface area contributed by atoms with Gasteiger partial charge in [0.05, 0.1) is 38.8 Å². The summed E-state index contributed by atoms with van der Waals surface area (Å²) >= 11 is 0. The molecular weight excluding hydrogens is 424 g/mol. The molecule has 1 saturated heterocycles.